The van der Waals surface area contributed by atoms with Crippen molar-refractivity contribution in [1.29, 1.82) is 0 Å². The fourth-order valence-corrected chi connectivity index (χ4v) is 1.49. The molecule has 3 heteroatoms. The van der Waals surface area contributed by atoms with Crippen LogP contribution in [0.1, 0.15) is 13.8 Å². The van der Waals surface area contributed by atoms with Crippen LogP contribution < -0.4 is 0 Å². The minimum Gasteiger partial charge on any atom is -0.507 e. The highest BCUT2D eigenvalue weighted by atomic mass is 79.9. The van der Waals surface area contributed by atoms with Gasteiger partial charge in [0.2, 0.25) is 0 Å². The van der Waals surface area contributed by atoms with Gasteiger partial charge in [-0.15, -0.1) is 0 Å². The predicted octanol–water partition coefficient (Wildman–Crippen LogP) is 3.51. The molecule has 0 unspecified atom stereocenters. The normalized spacial score (nSPS) is 13.4. The minimum absolute atomic E-state index is 0.0486. The van der Waals surface area contributed by atoms with Crippen LogP contribution in [0.3, 0.4) is 0 Å². The zero-order valence-electron chi connectivity index (χ0n) is 5.99. The molecule has 1 N–H and O–H groups in total. The van der Waals surface area contributed by atoms with E-state index in [0.29, 0.717) is 4.48 Å². The van der Waals surface area contributed by atoms with Gasteiger partial charge in [0, 0.05) is 4.32 Å². The van der Waals surface area contributed by atoms with Crippen molar-refractivity contribution in [2.75, 3.05) is 0 Å². The number of rotatable bonds is 2. The van der Waals surface area contributed by atoms with Crippen LogP contribution in [0, 0.1) is 0 Å². The summed E-state index contributed by atoms with van der Waals surface area (Å²) in [5.41, 5.74) is 0. The van der Waals surface area contributed by atoms with E-state index in [1.165, 1.54) is 0 Å². The maximum Gasteiger partial charge on any atom is 0.122 e. The van der Waals surface area contributed by atoms with Gasteiger partial charge in [-0.25, -0.2) is 0 Å². The lowest BCUT2D eigenvalue weighted by Crippen LogP contribution is -2.04. The van der Waals surface area contributed by atoms with Gasteiger partial charge in [-0.1, -0.05) is 28.6 Å². The topological polar surface area (TPSA) is 20.2 Å². The molecule has 0 aliphatic carbocycles. The Morgan fingerprint density at radius 3 is 2.10 bits per heavy atom. The summed E-state index contributed by atoms with van der Waals surface area (Å²) >= 11 is 6.55. The number of alkyl halides is 1. The van der Waals surface area contributed by atoms with Crippen molar-refractivity contribution < 1.29 is 5.11 Å². The van der Waals surface area contributed by atoms with Gasteiger partial charge in [0.1, 0.15) is 5.76 Å². The standard InChI is InChI=1S/C7H10Br2O/c1-5(10)6(8)4-7(2,3)9/h4,10H,1H2,2-3H3/b6-4+. The SMILES string of the molecule is C=C(O)/C(Br)=C\C(C)(C)Br. The van der Waals surface area contributed by atoms with E-state index in [4.69, 9.17) is 5.11 Å². The highest BCUT2D eigenvalue weighted by molar-refractivity contribution is 9.12. The van der Waals surface area contributed by atoms with E-state index >= 15 is 0 Å². The molecule has 1 nitrogen and oxygen atoms in total. The molecule has 0 saturated carbocycles. The number of hydrogen-bond donors (Lipinski definition) is 1. The third-order valence-electron chi connectivity index (χ3n) is 0.746. The molecular formula is C7H10Br2O. The van der Waals surface area contributed by atoms with Gasteiger partial charge in [-0.3, -0.25) is 0 Å². The first-order chi connectivity index (χ1) is 4.33. The van der Waals surface area contributed by atoms with Gasteiger partial charge >= 0.3 is 0 Å². The zero-order chi connectivity index (χ0) is 8.36. The summed E-state index contributed by atoms with van der Waals surface area (Å²) in [6.45, 7) is 7.30. The molecule has 0 fully saturated rings. The summed E-state index contributed by atoms with van der Waals surface area (Å²) < 4.78 is 0.506. The molecule has 0 rings (SSSR count). The van der Waals surface area contributed by atoms with Gasteiger partial charge in [-0.2, -0.15) is 0 Å². The molecule has 0 aromatic heterocycles. The third kappa shape index (κ3) is 5.06. The first kappa shape index (κ1) is 10.2. The average Bonchev–Trinajstić information content (AvgIpc) is 1.60. The summed E-state index contributed by atoms with van der Waals surface area (Å²) in [7, 11) is 0. The van der Waals surface area contributed by atoms with E-state index in [1.54, 1.807) is 0 Å². The van der Waals surface area contributed by atoms with Gasteiger partial charge in [0.25, 0.3) is 0 Å². The number of aliphatic hydroxyl groups is 1. The fraction of sp³-hybridized carbons (Fsp3) is 0.429. The van der Waals surface area contributed by atoms with Crippen LogP contribution in [0.25, 0.3) is 0 Å². The Morgan fingerprint density at radius 1 is 1.60 bits per heavy atom. The van der Waals surface area contributed by atoms with Gasteiger partial charge in [-0.05, 0) is 29.8 Å². The molecule has 0 heterocycles. The average molecular weight is 270 g/mol. The van der Waals surface area contributed by atoms with Gasteiger partial charge < -0.3 is 5.11 Å². The van der Waals surface area contributed by atoms with Crippen LogP contribution in [-0.2, 0) is 0 Å². The molecule has 0 aromatic rings. The van der Waals surface area contributed by atoms with Gasteiger partial charge in [0.15, 0.2) is 0 Å². The first-order valence-electron chi connectivity index (χ1n) is 2.78. The first-order valence-corrected chi connectivity index (χ1v) is 4.37. The van der Waals surface area contributed by atoms with E-state index in [0.717, 1.165) is 0 Å². The monoisotopic (exact) mass is 268 g/mol. The highest BCUT2D eigenvalue weighted by Crippen LogP contribution is 2.24. The number of halogens is 2. The molecule has 0 aromatic carbocycles. The maximum atomic E-state index is 8.85. The van der Waals surface area contributed by atoms with E-state index in [-0.39, 0.29) is 10.1 Å². The lowest BCUT2D eigenvalue weighted by atomic mass is 10.2. The second-order valence-corrected chi connectivity index (χ2v) is 5.40. The predicted molar refractivity (Wildman–Crippen MR) is 51.8 cm³/mol. The van der Waals surface area contributed by atoms with Crippen LogP contribution in [0.15, 0.2) is 22.9 Å². The second kappa shape index (κ2) is 3.58. The Morgan fingerprint density at radius 2 is 2.00 bits per heavy atom. The Labute approximate surface area is 78.1 Å². The third-order valence-corrected chi connectivity index (χ3v) is 1.66. The minimum atomic E-state index is -0.114. The summed E-state index contributed by atoms with van der Waals surface area (Å²) in [5.74, 6) is 0.0486. The molecule has 0 spiro atoms. The molecule has 0 atom stereocenters. The molecule has 0 bridgehead atoms. The largest absolute Gasteiger partial charge is 0.507 e. The van der Waals surface area contributed by atoms with Crippen molar-refractivity contribution in [2.24, 2.45) is 0 Å². The number of hydrogen-bond acceptors (Lipinski definition) is 1. The molecule has 10 heavy (non-hydrogen) atoms. The molecule has 0 radical (unpaired) electrons. The van der Waals surface area contributed by atoms with E-state index in [1.807, 2.05) is 19.9 Å². The van der Waals surface area contributed by atoms with Crippen molar-refractivity contribution in [3.05, 3.63) is 22.9 Å². The van der Waals surface area contributed by atoms with Crippen molar-refractivity contribution in [3.63, 3.8) is 0 Å². The number of allylic oxidation sites excluding steroid dienone is 2. The molecule has 0 aliphatic heterocycles. The van der Waals surface area contributed by atoms with Crippen LogP contribution in [0.5, 0.6) is 0 Å². The Kier molecular flexibility index (Phi) is 3.66. The summed E-state index contributed by atoms with van der Waals surface area (Å²) in [4.78, 5) is 0. The van der Waals surface area contributed by atoms with Crippen LogP contribution in [0.2, 0.25) is 0 Å². The molecule has 0 aliphatic rings. The van der Waals surface area contributed by atoms with Crippen molar-refractivity contribution in [1.82, 2.24) is 0 Å². The molecular weight excluding hydrogens is 260 g/mol. The maximum absolute atomic E-state index is 8.85. The molecule has 0 saturated heterocycles. The van der Waals surface area contributed by atoms with Crippen molar-refractivity contribution >= 4 is 31.9 Å². The lowest BCUT2D eigenvalue weighted by Gasteiger charge is -2.10. The van der Waals surface area contributed by atoms with Crippen molar-refractivity contribution in [3.8, 4) is 0 Å². The van der Waals surface area contributed by atoms with E-state index < -0.39 is 0 Å². The van der Waals surface area contributed by atoms with E-state index in [9.17, 15) is 0 Å². The van der Waals surface area contributed by atoms with Crippen LogP contribution in [0.4, 0.5) is 0 Å². The van der Waals surface area contributed by atoms with Crippen LogP contribution >= 0.6 is 31.9 Å². The van der Waals surface area contributed by atoms with Crippen molar-refractivity contribution in [2.45, 2.75) is 18.2 Å². The smallest absolute Gasteiger partial charge is 0.122 e. The fourth-order valence-electron chi connectivity index (χ4n) is 0.385. The number of aliphatic hydroxyl groups excluding tert-OH is 1. The summed E-state index contributed by atoms with van der Waals surface area (Å²) in [6.07, 6.45) is 1.83. The van der Waals surface area contributed by atoms with Gasteiger partial charge in [0.05, 0.1) is 4.48 Å². The Bertz CT molecular complexity index is 165. The highest BCUT2D eigenvalue weighted by Gasteiger charge is 2.09. The Balaban J connectivity index is 4.32. The lowest BCUT2D eigenvalue weighted by molar-refractivity contribution is 0.433. The quantitative estimate of drug-likeness (QED) is 0.462. The zero-order valence-corrected chi connectivity index (χ0v) is 9.16. The van der Waals surface area contributed by atoms with E-state index in [2.05, 4.69) is 38.4 Å². The molecule has 0 amide bonds. The summed E-state index contributed by atoms with van der Waals surface area (Å²) in [6, 6.07) is 0. The summed E-state index contributed by atoms with van der Waals surface area (Å²) in [5, 5.41) is 8.85. The molecule has 58 valence electrons. The Hall–Kier alpha value is 0.240. The second-order valence-electron chi connectivity index (χ2n) is 2.50. The van der Waals surface area contributed by atoms with Crippen LogP contribution in [-0.4, -0.2) is 9.43 Å².